The maximum Gasteiger partial charge on any atom is 0.339 e. The normalized spacial score (nSPS) is 18.0. The number of nitrogens with zero attached hydrogens (tertiary/aromatic N) is 2. The third-order valence-electron chi connectivity index (χ3n) is 5.90. The summed E-state index contributed by atoms with van der Waals surface area (Å²) >= 11 is 0. The number of hydrogen-bond donors (Lipinski definition) is 1. The molecule has 0 bridgehead atoms. The van der Waals surface area contributed by atoms with Crippen LogP contribution in [0.4, 0.5) is 0 Å². The van der Waals surface area contributed by atoms with Crippen molar-refractivity contribution in [1.29, 1.82) is 0 Å². The molecule has 1 heterocycles. The van der Waals surface area contributed by atoms with Gasteiger partial charge < -0.3 is 9.64 Å². The molecule has 3 rings (SSSR count). The second kappa shape index (κ2) is 12.2. The lowest BCUT2D eigenvalue weighted by molar-refractivity contribution is -0.137. The van der Waals surface area contributed by atoms with Gasteiger partial charge in [0.1, 0.15) is 5.82 Å². The predicted molar refractivity (Wildman–Crippen MR) is 147 cm³/mol. The van der Waals surface area contributed by atoms with E-state index in [9.17, 15) is 9.00 Å². The van der Waals surface area contributed by atoms with Crippen molar-refractivity contribution in [2.24, 2.45) is 4.99 Å². The Morgan fingerprint density at radius 3 is 2.60 bits per heavy atom. The summed E-state index contributed by atoms with van der Waals surface area (Å²) in [6.45, 7) is 11.4. The molecule has 1 aliphatic heterocycles. The van der Waals surface area contributed by atoms with Gasteiger partial charge in [0.2, 0.25) is 0 Å². The Morgan fingerprint density at radius 1 is 1.20 bits per heavy atom. The fraction of sp³-hybridized carbons (Fsp3) is 0.393. The van der Waals surface area contributed by atoms with E-state index >= 15 is 0 Å². The summed E-state index contributed by atoms with van der Waals surface area (Å²) in [5.41, 5.74) is 1.48. The molecule has 2 atom stereocenters. The van der Waals surface area contributed by atoms with Crippen LogP contribution in [0.2, 0.25) is 0 Å². The van der Waals surface area contributed by atoms with Crippen LogP contribution in [-0.4, -0.2) is 52.4 Å². The number of carbonyl (C=O) groups is 1. The van der Waals surface area contributed by atoms with Crippen LogP contribution >= 0.6 is 0 Å². The number of hydrogen-bond acceptors (Lipinski definition) is 5. The number of benzene rings is 2. The summed E-state index contributed by atoms with van der Waals surface area (Å²) < 4.78 is 22.7. The van der Waals surface area contributed by atoms with E-state index in [0.29, 0.717) is 25.1 Å². The highest BCUT2D eigenvalue weighted by Gasteiger charge is 2.27. The minimum absolute atomic E-state index is 0.0487. The van der Waals surface area contributed by atoms with Crippen molar-refractivity contribution in [3.05, 3.63) is 65.5 Å². The maximum atomic E-state index is 14.1. The molecule has 0 amide bonds. The molecular formula is C28H37N3O3S. The first kappa shape index (κ1) is 26.7. The Labute approximate surface area is 209 Å². The van der Waals surface area contributed by atoms with E-state index in [0.717, 1.165) is 40.0 Å². The van der Waals surface area contributed by atoms with E-state index in [1.165, 1.54) is 0 Å². The number of aliphatic imine (C=N–C) groups is 1. The monoisotopic (exact) mass is 495 g/mol. The van der Waals surface area contributed by atoms with E-state index in [2.05, 4.69) is 26.7 Å². The molecular weight excluding hydrogens is 458 g/mol. The molecule has 1 saturated heterocycles. The molecule has 188 valence electrons. The summed E-state index contributed by atoms with van der Waals surface area (Å²) in [6.07, 6.45) is 4.84. The van der Waals surface area contributed by atoms with Gasteiger partial charge in [-0.3, -0.25) is 0 Å². The zero-order valence-corrected chi connectivity index (χ0v) is 22.2. The van der Waals surface area contributed by atoms with Gasteiger partial charge in [0.25, 0.3) is 0 Å². The van der Waals surface area contributed by atoms with Crippen molar-refractivity contribution < 1.29 is 13.7 Å². The fourth-order valence-electron chi connectivity index (χ4n) is 4.22. The Morgan fingerprint density at radius 2 is 1.94 bits per heavy atom. The number of esters is 1. The summed E-state index contributed by atoms with van der Waals surface area (Å²) in [6, 6.07) is 14.2. The highest BCUT2D eigenvalue weighted by atomic mass is 32.2. The smallest absolute Gasteiger partial charge is 0.339 e. The molecule has 0 radical (unpaired) electrons. The Kier molecular flexibility index (Phi) is 9.29. The van der Waals surface area contributed by atoms with Crippen LogP contribution in [0.1, 0.15) is 47.5 Å². The van der Waals surface area contributed by atoms with Crippen LogP contribution in [0.15, 0.2) is 75.4 Å². The minimum atomic E-state index is -2.54. The SMILES string of the molecule is C/C=C(\C=N/C(=C(C)C)N1CCC(NS(=O)(=CCC)c2ccc3ccccc3c2)C1)C(=O)OCC. The van der Waals surface area contributed by atoms with Gasteiger partial charge in [-0.05, 0) is 74.4 Å². The van der Waals surface area contributed by atoms with Gasteiger partial charge in [-0.25, -0.2) is 18.7 Å². The topological polar surface area (TPSA) is 71.0 Å². The molecule has 2 aromatic rings. The largest absolute Gasteiger partial charge is 0.462 e. The lowest BCUT2D eigenvalue weighted by Gasteiger charge is -2.22. The summed E-state index contributed by atoms with van der Waals surface area (Å²) in [7, 11) is -2.54. The molecule has 1 fully saturated rings. The highest BCUT2D eigenvalue weighted by Crippen LogP contribution is 2.23. The quantitative estimate of drug-likeness (QED) is 0.227. The molecule has 2 unspecified atom stereocenters. The Bertz CT molecular complexity index is 1270. The van der Waals surface area contributed by atoms with Gasteiger partial charge in [-0.2, -0.15) is 0 Å². The van der Waals surface area contributed by atoms with E-state index in [4.69, 9.17) is 4.74 Å². The Hall–Kier alpha value is -2.90. The van der Waals surface area contributed by atoms with Crippen LogP contribution in [-0.2, 0) is 19.2 Å². The first-order chi connectivity index (χ1) is 16.8. The standard InChI is InChI=1S/C28H37N3O3S/c1-6-17-35(33,26-14-13-23-11-9-10-12-24(23)18-26)30-25-15-16-31(20-25)27(21(4)5)29-19-22(7-2)28(32)34-8-3/h7,9-14,17-19,25H,6,8,15-16,20H2,1-5H3,(H,30,33)/b22-7+,29-19-. The third kappa shape index (κ3) is 6.61. The first-order valence-electron chi connectivity index (χ1n) is 12.2. The molecule has 35 heavy (non-hydrogen) atoms. The molecule has 0 aliphatic carbocycles. The first-order valence-corrected chi connectivity index (χ1v) is 13.9. The number of allylic oxidation sites excluding steroid dienone is 2. The average molecular weight is 496 g/mol. The van der Waals surface area contributed by atoms with Crippen molar-refractivity contribution in [2.75, 3.05) is 19.7 Å². The fourth-order valence-corrected chi connectivity index (χ4v) is 6.37. The van der Waals surface area contributed by atoms with Crippen molar-refractivity contribution in [3.8, 4) is 0 Å². The molecule has 7 heteroatoms. The molecule has 1 N–H and O–H groups in total. The van der Waals surface area contributed by atoms with Gasteiger partial charge in [-0.1, -0.05) is 43.3 Å². The number of likely N-dealkylation sites (tertiary alicyclic amines) is 1. The van der Waals surface area contributed by atoms with Crippen LogP contribution in [0.25, 0.3) is 10.8 Å². The number of nitrogens with one attached hydrogen (secondary N) is 1. The number of rotatable bonds is 9. The number of fused-ring (bicyclic) bond motifs is 1. The van der Waals surface area contributed by atoms with Gasteiger partial charge in [0, 0.05) is 30.2 Å². The van der Waals surface area contributed by atoms with Gasteiger partial charge in [-0.15, -0.1) is 0 Å². The van der Waals surface area contributed by atoms with Gasteiger partial charge >= 0.3 is 5.97 Å². The highest BCUT2D eigenvalue weighted by molar-refractivity contribution is 7.99. The number of carbonyl (C=O) groups excluding carboxylic acids is 1. The van der Waals surface area contributed by atoms with Crippen LogP contribution < -0.4 is 4.72 Å². The Balaban J connectivity index is 1.79. The van der Waals surface area contributed by atoms with E-state index in [-0.39, 0.29) is 12.0 Å². The van der Waals surface area contributed by atoms with Gasteiger partial charge in [0.15, 0.2) is 0 Å². The second-order valence-electron chi connectivity index (χ2n) is 8.78. The van der Waals surface area contributed by atoms with Gasteiger partial charge in [0.05, 0.1) is 21.9 Å². The summed E-state index contributed by atoms with van der Waals surface area (Å²) in [4.78, 5) is 19.7. The zero-order chi connectivity index (χ0) is 25.4. The maximum absolute atomic E-state index is 14.1. The molecule has 0 spiro atoms. The van der Waals surface area contributed by atoms with Crippen molar-refractivity contribution in [1.82, 2.24) is 9.62 Å². The minimum Gasteiger partial charge on any atom is -0.462 e. The van der Waals surface area contributed by atoms with Crippen LogP contribution in [0, 0.1) is 0 Å². The molecule has 0 saturated carbocycles. The van der Waals surface area contributed by atoms with Crippen LogP contribution in [0.5, 0.6) is 0 Å². The van der Waals surface area contributed by atoms with Crippen molar-refractivity contribution in [3.63, 3.8) is 0 Å². The predicted octanol–water partition coefficient (Wildman–Crippen LogP) is 5.11. The van der Waals surface area contributed by atoms with E-state index in [1.807, 2.05) is 56.5 Å². The van der Waals surface area contributed by atoms with Crippen molar-refractivity contribution in [2.45, 2.75) is 58.4 Å². The summed E-state index contributed by atoms with van der Waals surface area (Å²) in [5.74, 6) is 0.452. The lowest BCUT2D eigenvalue weighted by Crippen LogP contribution is -2.37. The third-order valence-corrected chi connectivity index (χ3v) is 8.34. The second-order valence-corrected chi connectivity index (χ2v) is 11.0. The van der Waals surface area contributed by atoms with Crippen LogP contribution in [0.3, 0.4) is 0 Å². The average Bonchev–Trinajstić information content (AvgIpc) is 3.29. The summed E-state index contributed by atoms with van der Waals surface area (Å²) in [5, 5.41) is 4.12. The molecule has 2 aromatic carbocycles. The molecule has 6 nitrogen and oxygen atoms in total. The molecule has 0 aromatic heterocycles. The lowest BCUT2D eigenvalue weighted by atomic mass is 10.1. The number of ether oxygens (including phenoxy) is 1. The molecule has 1 aliphatic rings. The zero-order valence-electron chi connectivity index (χ0n) is 21.4. The van der Waals surface area contributed by atoms with E-state index in [1.54, 1.807) is 26.1 Å². The van der Waals surface area contributed by atoms with E-state index < -0.39 is 9.71 Å². The van der Waals surface area contributed by atoms with Crippen molar-refractivity contribution >= 4 is 38.0 Å².